The largest absolute Gasteiger partial charge is 2.00 e. The van der Waals surface area contributed by atoms with Crippen molar-refractivity contribution in [2.24, 2.45) is 0 Å². The smallest absolute Gasteiger partial charge is 0.822 e. The van der Waals surface area contributed by atoms with Gasteiger partial charge < -0.3 is 33.3 Å². The molecule has 0 aliphatic rings. The normalized spacial score (nSPS) is 6.92. The van der Waals surface area contributed by atoms with Crippen LogP contribution in [-0.4, -0.2) is 84.6 Å². The predicted octanol–water partition coefficient (Wildman–Crippen LogP) is -9.46. The van der Waals surface area contributed by atoms with Crippen LogP contribution in [0.25, 0.3) is 0 Å². The first kappa shape index (κ1) is 29.5. The van der Waals surface area contributed by atoms with Crippen LogP contribution in [0.3, 0.4) is 0 Å². The van der Waals surface area contributed by atoms with Gasteiger partial charge in [-0.15, -0.1) is 0 Å². The van der Waals surface area contributed by atoms with Crippen molar-refractivity contribution < 1.29 is 62.9 Å². The molecule has 0 N–H and O–H groups in total. The molecule has 0 saturated heterocycles. The first-order valence-corrected chi connectivity index (χ1v) is 4.03. The molecule has 0 aromatic rings. The maximum atomic E-state index is 8.55. The molecule has 0 atom stereocenters. The molecule has 0 aromatic heterocycles. The van der Waals surface area contributed by atoms with Crippen molar-refractivity contribution in [1.29, 1.82) is 0 Å². The van der Waals surface area contributed by atoms with Crippen LogP contribution in [0.5, 0.6) is 0 Å². The predicted molar refractivity (Wildman–Crippen MR) is 25.6 cm³/mol. The van der Waals surface area contributed by atoms with Crippen LogP contribution >= 0.6 is 7.82 Å². The minimum atomic E-state index is -5.39. The molecule has 0 aliphatic carbocycles. The number of hydrogen-bond donors (Lipinski definition) is 0. The van der Waals surface area contributed by atoms with Crippen molar-refractivity contribution in [3.8, 4) is 0 Å². The molecule has 12 heavy (non-hydrogen) atoms. The van der Waals surface area contributed by atoms with E-state index in [1.165, 1.54) is 0 Å². The second kappa shape index (κ2) is 16.7. The molecule has 0 bridgehead atoms. The molecule has 0 rings (SSSR count). The average molecular weight is 274 g/mol. The Hall–Kier alpha value is 3.25. The quantitative estimate of drug-likeness (QED) is 0.314. The first-order chi connectivity index (χ1) is 3.73. The fraction of sp³-hybridized carbons (Fsp3) is 0. The number of hydrogen-bond acceptors (Lipinski definition) is 7. The summed E-state index contributed by atoms with van der Waals surface area (Å²) in [5.41, 5.74) is 0. The molecule has 7 nitrogen and oxygen atoms in total. The summed E-state index contributed by atoms with van der Waals surface area (Å²) in [7, 11) is -9.02. The molecular formula is Ca2NaO7PSi. The van der Waals surface area contributed by atoms with Gasteiger partial charge in [-0.25, -0.2) is 0 Å². The summed E-state index contributed by atoms with van der Waals surface area (Å²) in [5, 5.41) is 0. The summed E-state index contributed by atoms with van der Waals surface area (Å²) in [6.07, 6.45) is 0. The maximum Gasteiger partial charge on any atom is 2.00 e. The van der Waals surface area contributed by atoms with Gasteiger partial charge in [0.2, 0.25) is 0 Å². The Morgan fingerprint density at radius 3 is 1.00 bits per heavy atom. The van der Waals surface area contributed by atoms with E-state index >= 15 is 0 Å². The van der Waals surface area contributed by atoms with Crippen molar-refractivity contribution in [1.82, 2.24) is 0 Å². The van der Waals surface area contributed by atoms with Crippen LogP contribution in [0.2, 0.25) is 0 Å². The summed E-state index contributed by atoms with van der Waals surface area (Å²) in [6, 6.07) is 0. The van der Waals surface area contributed by atoms with Crippen molar-refractivity contribution in [3.05, 3.63) is 0 Å². The Kier molecular flexibility index (Phi) is 40.9. The molecule has 0 heterocycles. The number of rotatable bonds is 0. The summed E-state index contributed by atoms with van der Waals surface area (Å²) < 4.78 is 17.1. The van der Waals surface area contributed by atoms with Gasteiger partial charge in [0, 0.05) is 9.17 Å². The van der Waals surface area contributed by atoms with Crippen LogP contribution in [0.15, 0.2) is 0 Å². The third-order valence-electron chi connectivity index (χ3n) is 0. The minimum Gasteiger partial charge on any atom is -0.822 e. The van der Waals surface area contributed by atoms with E-state index < -0.39 is 17.0 Å². The van der Waals surface area contributed by atoms with Crippen LogP contribution in [0.1, 0.15) is 0 Å². The van der Waals surface area contributed by atoms with Crippen molar-refractivity contribution >= 4 is 92.5 Å². The van der Waals surface area contributed by atoms with E-state index in [9.17, 15) is 0 Å². The Morgan fingerprint density at radius 1 is 1.00 bits per heavy atom. The monoisotopic (exact) mass is 274 g/mol. The van der Waals surface area contributed by atoms with E-state index in [0.717, 1.165) is 0 Å². The Morgan fingerprint density at radius 2 is 1.00 bits per heavy atom. The topological polar surface area (TPSA) is 149 Å². The van der Waals surface area contributed by atoms with Crippen molar-refractivity contribution in [3.63, 3.8) is 0 Å². The SMILES string of the molecule is O=P([O-])([O-])[O-].O=[Si]([O-])[O-].[Ca+2].[Ca+2].[Na+]. The molecule has 12 heteroatoms. The summed E-state index contributed by atoms with van der Waals surface area (Å²) in [6.45, 7) is 0. The van der Waals surface area contributed by atoms with E-state index in [0.29, 0.717) is 0 Å². The van der Waals surface area contributed by atoms with Gasteiger partial charge in [-0.2, -0.15) is 7.82 Å². The Bertz CT molecular complexity index is 121. The second-order valence-corrected chi connectivity index (χ2v) is 2.09. The zero-order valence-electron chi connectivity index (χ0n) is 6.22. The van der Waals surface area contributed by atoms with Crippen LogP contribution < -0.4 is 53.8 Å². The van der Waals surface area contributed by atoms with Crippen molar-refractivity contribution in [2.45, 2.75) is 0 Å². The molecule has 0 radical (unpaired) electrons. The first-order valence-electron chi connectivity index (χ1n) is 1.34. The van der Waals surface area contributed by atoms with Crippen LogP contribution in [-0.2, 0) is 9.03 Å². The van der Waals surface area contributed by atoms with Gasteiger partial charge in [-0.05, 0) is 0 Å². The Balaban J connectivity index is -0.0000000221. The third kappa shape index (κ3) is 189. The maximum absolute atomic E-state index is 8.55. The summed E-state index contributed by atoms with van der Waals surface area (Å²) >= 11 is 0. The Labute approximate surface area is 152 Å². The molecule has 0 spiro atoms. The van der Waals surface area contributed by atoms with Gasteiger partial charge in [-0.1, -0.05) is 0 Å². The van der Waals surface area contributed by atoms with E-state index in [-0.39, 0.29) is 105 Å². The van der Waals surface area contributed by atoms with Gasteiger partial charge in [0.05, 0.1) is 0 Å². The molecule has 0 aliphatic heterocycles. The van der Waals surface area contributed by atoms with E-state index in [4.69, 9.17) is 33.3 Å². The van der Waals surface area contributed by atoms with Crippen LogP contribution in [0.4, 0.5) is 0 Å². The van der Waals surface area contributed by atoms with E-state index in [1.807, 2.05) is 0 Å². The van der Waals surface area contributed by atoms with Gasteiger partial charge in [0.25, 0.3) is 0 Å². The molecule has 0 aromatic carbocycles. The molecule has 56 valence electrons. The van der Waals surface area contributed by atoms with E-state index in [2.05, 4.69) is 0 Å². The fourth-order valence-electron chi connectivity index (χ4n) is 0. The number of phosphoric acid groups is 1. The van der Waals surface area contributed by atoms with Gasteiger partial charge in [0.1, 0.15) is 0 Å². The van der Waals surface area contributed by atoms with Gasteiger partial charge in [-0.3, -0.25) is 0 Å². The summed E-state index contributed by atoms with van der Waals surface area (Å²) in [4.78, 5) is 42.7. The molecular weight excluding hydrogens is 274 g/mol. The van der Waals surface area contributed by atoms with Crippen LogP contribution in [0, 0.1) is 0 Å². The molecule has 0 amide bonds. The standard InChI is InChI=1S/2Ca.Na.H3O4P.O3Si/c;;;1-5(2,3)4;1-4(2)3/h;;;(H3,1,2,3,4);/q2*+2;+1;;-2/p-3. The molecule has 0 unspecified atom stereocenters. The summed E-state index contributed by atoms with van der Waals surface area (Å²) in [5.74, 6) is 0. The second-order valence-electron chi connectivity index (χ2n) is 0.697. The van der Waals surface area contributed by atoms with Crippen molar-refractivity contribution in [2.75, 3.05) is 0 Å². The minimum absolute atomic E-state index is 0. The zero-order valence-corrected chi connectivity index (χ0v) is 14.5. The average Bonchev–Trinajstić information content (AvgIpc) is 1.19. The molecule has 0 fully saturated rings. The zero-order chi connectivity index (χ0) is 8.08. The fourth-order valence-corrected chi connectivity index (χ4v) is 0. The van der Waals surface area contributed by atoms with Gasteiger partial charge in [0.15, 0.2) is 0 Å². The van der Waals surface area contributed by atoms with Gasteiger partial charge >= 0.3 is 105 Å². The molecule has 0 saturated carbocycles. The third-order valence-corrected chi connectivity index (χ3v) is 0. The van der Waals surface area contributed by atoms with E-state index in [1.54, 1.807) is 0 Å².